The fourth-order valence-corrected chi connectivity index (χ4v) is 5.11. The van der Waals surface area contributed by atoms with E-state index in [-0.39, 0.29) is 5.41 Å². The third-order valence-electron chi connectivity index (χ3n) is 6.70. The van der Waals surface area contributed by atoms with Crippen molar-refractivity contribution in [1.82, 2.24) is 9.88 Å². The van der Waals surface area contributed by atoms with Crippen molar-refractivity contribution in [2.45, 2.75) is 45.1 Å². The van der Waals surface area contributed by atoms with Crippen molar-refractivity contribution in [3.63, 3.8) is 0 Å². The Balaban J connectivity index is 1.79. The molecule has 1 aromatic carbocycles. The molecule has 150 valence electrons. The smallest absolute Gasteiger partial charge is 0.128 e. The Hall–Kier alpha value is -1.91. The topological polar surface area (TPSA) is 39.6 Å². The molecule has 0 radical (unpaired) electrons. The summed E-state index contributed by atoms with van der Waals surface area (Å²) in [6, 6.07) is 12.7. The first-order valence-corrected chi connectivity index (χ1v) is 10.6. The van der Waals surface area contributed by atoms with Gasteiger partial charge < -0.3 is 14.9 Å². The van der Waals surface area contributed by atoms with Gasteiger partial charge in [-0.15, -0.1) is 0 Å². The van der Waals surface area contributed by atoms with Crippen molar-refractivity contribution in [1.29, 1.82) is 0 Å². The van der Waals surface area contributed by atoms with E-state index in [0.717, 1.165) is 43.1 Å². The van der Waals surface area contributed by atoms with Crippen LogP contribution in [0.25, 0.3) is 0 Å². The summed E-state index contributed by atoms with van der Waals surface area (Å²) < 4.78 is 0. The van der Waals surface area contributed by atoms with Gasteiger partial charge in [0.15, 0.2) is 0 Å². The highest BCUT2D eigenvalue weighted by atomic mass is 16.3. The Bertz CT molecular complexity index is 820. The molecule has 1 aromatic heterocycles. The maximum Gasteiger partial charge on any atom is 0.128 e. The van der Waals surface area contributed by atoms with Gasteiger partial charge >= 0.3 is 0 Å². The Morgan fingerprint density at radius 1 is 1.04 bits per heavy atom. The molecule has 4 heteroatoms. The fraction of sp³-hybridized carbons (Fsp3) is 0.542. The van der Waals surface area contributed by atoms with Crippen LogP contribution in [0.4, 0.5) is 5.82 Å². The van der Waals surface area contributed by atoms with Crippen molar-refractivity contribution in [2.24, 2.45) is 5.41 Å². The molecule has 28 heavy (non-hydrogen) atoms. The second-order valence-electron chi connectivity index (χ2n) is 9.32. The van der Waals surface area contributed by atoms with Gasteiger partial charge in [-0.05, 0) is 54.6 Å². The average Bonchev–Trinajstić information content (AvgIpc) is 3.21. The molecule has 0 bridgehead atoms. The lowest BCUT2D eigenvalue weighted by Gasteiger charge is -2.56. The summed E-state index contributed by atoms with van der Waals surface area (Å²) in [6.07, 6.45) is 4.30. The number of likely N-dealkylation sites (tertiary alicyclic amines) is 1. The Morgan fingerprint density at radius 2 is 1.68 bits per heavy atom. The minimum atomic E-state index is -1.04. The van der Waals surface area contributed by atoms with Crippen LogP contribution in [0, 0.1) is 5.41 Å². The highest BCUT2D eigenvalue weighted by Crippen LogP contribution is 2.50. The second kappa shape index (κ2) is 7.16. The maximum atomic E-state index is 12.3. The molecule has 0 unspecified atom stereocenters. The lowest BCUT2D eigenvalue weighted by atomic mass is 9.62. The van der Waals surface area contributed by atoms with Gasteiger partial charge in [-0.3, -0.25) is 0 Å². The van der Waals surface area contributed by atoms with E-state index in [2.05, 4.69) is 72.9 Å². The minimum Gasteiger partial charge on any atom is -0.380 e. The predicted molar refractivity (Wildman–Crippen MR) is 115 cm³/mol. The van der Waals surface area contributed by atoms with Crippen LogP contribution in [0.5, 0.6) is 0 Å². The van der Waals surface area contributed by atoms with Gasteiger partial charge in [0.2, 0.25) is 0 Å². The molecule has 2 aliphatic rings. The van der Waals surface area contributed by atoms with Gasteiger partial charge in [0.25, 0.3) is 0 Å². The van der Waals surface area contributed by atoms with Gasteiger partial charge in [-0.2, -0.15) is 0 Å². The number of nitrogens with zero attached hydrogens (tertiary/aromatic N) is 3. The van der Waals surface area contributed by atoms with E-state index in [1.54, 1.807) is 0 Å². The molecule has 2 saturated heterocycles. The molecule has 0 amide bonds. The molecule has 4 nitrogen and oxygen atoms in total. The molecular weight excluding hydrogens is 346 g/mol. The van der Waals surface area contributed by atoms with E-state index < -0.39 is 5.60 Å². The molecule has 1 N–H and O–H groups in total. The summed E-state index contributed by atoms with van der Waals surface area (Å²) >= 11 is 0. The van der Waals surface area contributed by atoms with Gasteiger partial charge in [0, 0.05) is 37.8 Å². The van der Waals surface area contributed by atoms with E-state index in [4.69, 9.17) is 0 Å². The Labute approximate surface area is 169 Å². The van der Waals surface area contributed by atoms with Crippen LogP contribution in [0.15, 0.2) is 42.6 Å². The lowest BCUT2D eigenvalue weighted by Crippen LogP contribution is -2.63. The van der Waals surface area contributed by atoms with Gasteiger partial charge in [-0.25, -0.2) is 4.98 Å². The van der Waals surface area contributed by atoms with Crippen LogP contribution in [-0.2, 0) is 5.60 Å². The van der Waals surface area contributed by atoms with Crippen molar-refractivity contribution < 1.29 is 5.11 Å². The standard InChI is InChI=1S/C24H33N3O/c1-18(2)19-7-9-20(10-8-19)24(28,23(3)16-26(4)17-23)21-11-12-25-22(15-21)27-13-5-6-14-27/h7-12,15,18,28H,5-6,13-14,16-17H2,1-4H3/t24-/m0/s1. The molecule has 0 saturated carbocycles. The number of aromatic nitrogens is 1. The monoisotopic (exact) mass is 379 g/mol. The Morgan fingerprint density at radius 3 is 2.25 bits per heavy atom. The van der Waals surface area contributed by atoms with Crippen LogP contribution in [0.2, 0.25) is 0 Å². The number of benzene rings is 1. The summed E-state index contributed by atoms with van der Waals surface area (Å²) in [7, 11) is 2.12. The van der Waals surface area contributed by atoms with Crippen LogP contribution < -0.4 is 4.90 Å². The van der Waals surface area contributed by atoms with E-state index in [0.29, 0.717) is 5.92 Å². The molecule has 2 aliphatic heterocycles. The Kier molecular flexibility index (Phi) is 4.96. The summed E-state index contributed by atoms with van der Waals surface area (Å²) in [5.41, 5.74) is 1.97. The number of rotatable bonds is 5. The largest absolute Gasteiger partial charge is 0.380 e. The molecule has 1 atom stereocenters. The molecule has 2 aromatic rings. The quantitative estimate of drug-likeness (QED) is 0.853. The first kappa shape index (κ1) is 19.4. The van der Waals surface area contributed by atoms with Gasteiger partial charge in [-0.1, -0.05) is 45.0 Å². The van der Waals surface area contributed by atoms with Crippen LogP contribution in [-0.4, -0.2) is 48.2 Å². The number of hydrogen-bond donors (Lipinski definition) is 1. The van der Waals surface area contributed by atoms with Gasteiger partial charge in [0.05, 0.1) is 0 Å². The van der Waals surface area contributed by atoms with E-state index in [1.165, 1.54) is 18.4 Å². The average molecular weight is 380 g/mol. The number of aliphatic hydroxyl groups is 1. The zero-order chi connectivity index (χ0) is 19.9. The highest BCUT2D eigenvalue weighted by Gasteiger charge is 2.55. The molecule has 2 fully saturated rings. The third-order valence-corrected chi connectivity index (χ3v) is 6.70. The van der Waals surface area contributed by atoms with Crippen molar-refractivity contribution in [2.75, 3.05) is 38.1 Å². The zero-order valence-electron chi connectivity index (χ0n) is 17.7. The summed E-state index contributed by atoms with van der Waals surface area (Å²) in [5, 5.41) is 12.3. The third kappa shape index (κ3) is 3.13. The van der Waals surface area contributed by atoms with Crippen LogP contribution in [0.1, 0.15) is 56.2 Å². The first-order valence-electron chi connectivity index (χ1n) is 10.6. The summed E-state index contributed by atoms with van der Waals surface area (Å²) in [5.74, 6) is 1.47. The van der Waals surface area contributed by atoms with E-state index >= 15 is 0 Å². The van der Waals surface area contributed by atoms with Gasteiger partial charge in [0.1, 0.15) is 11.4 Å². The number of pyridine rings is 1. The highest BCUT2D eigenvalue weighted by molar-refractivity contribution is 5.48. The molecular formula is C24H33N3O. The first-order chi connectivity index (χ1) is 13.3. The SMILES string of the molecule is CC(C)c1ccc([C@](O)(c2ccnc(N3CCCC3)c2)C2(C)CN(C)C2)cc1. The molecule has 3 heterocycles. The maximum absolute atomic E-state index is 12.3. The summed E-state index contributed by atoms with van der Waals surface area (Å²) in [6.45, 7) is 10.5. The van der Waals surface area contributed by atoms with Crippen molar-refractivity contribution >= 4 is 5.82 Å². The predicted octanol–water partition coefficient (Wildman–Crippen LogP) is 3.99. The zero-order valence-corrected chi connectivity index (χ0v) is 17.7. The van der Waals surface area contributed by atoms with Crippen LogP contribution in [0.3, 0.4) is 0 Å². The minimum absolute atomic E-state index is 0.231. The molecule has 4 rings (SSSR count). The number of hydrogen-bond acceptors (Lipinski definition) is 4. The van der Waals surface area contributed by atoms with Crippen molar-refractivity contribution in [3.05, 3.63) is 59.3 Å². The second-order valence-corrected chi connectivity index (χ2v) is 9.32. The summed E-state index contributed by atoms with van der Waals surface area (Å²) in [4.78, 5) is 9.22. The van der Waals surface area contributed by atoms with E-state index in [9.17, 15) is 5.11 Å². The van der Waals surface area contributed by atoms with Crippen molar-refractivity contribution in [3.8, 4) is 0 Å². The number of anilines is 1. The van der Waals surface area contributed by atoms with E-state index in [1.807, 2.05) is 12.3 Å². The molecule has 0 spiro atoms. The lowest BCUT2D eigenvalue weighted by molar-refractivity contribution is -0.127. The normalized spacial score (nSPS) is 21.6. The fourth-order valence-electron chi connectivity index (χ4n) is 5.11. The van der Waals surface area contributed by atoms with Crippen LogP contribution >= 0.6 is 0 Å². The molecule has 0 aliphatic carbocycles.